The summed E-state index contributed by atoms with van der Waals surface area (Å²) < 4.78 is 0. The molecule has 1 aliphatic carbocycles. The van der Waals surface area contributed by atoms with Crippen molar-refractivity contribution < 1.29 is 0 Å². The van der Waals surface area contributed by atoms with Crippen molar-refractivity contribution in [1.82, 2.24) is 10.2 Å². The lowest BCUT2D eigenvalue weighted by atomic mass is 9.96. The highest BCUT2D eigenvalue weighted by Gasteiger charge is 2.15. The van der Waals surface area contributed by atoms with Crippen LogP contribution in [-0.2, 0) is 0 Å². The van der Waals surface area contributed by atoms with Crippen molar-refractivity contribution in [2.24, 2.45) is 0 Å². The van der Waals surface area contributed by atoms with Crippen LogP contribution in [0.1, 0.15) is 32.1 Å². The molecule has 2 fully saturated rings. The van der Waals surface area contributed by atoms with Crippen molar-refractivity contribution in [2.45, 2.75) is 38.1 Å². The van der Waals surface area contributed by atoms with E-state index < -0.39 is 0 Å². The van der Waals surface area contributed by atoms with Crippen molar-refractivity contribution in [1.29, 1.82) is 0 Å². The molecule has 0 bridgehead atoms. The second-order valence-corrected chi connectivity index (χ2v) is 7.18. The standard InChI is InChI=1S/C18H28N4S/c1-21-11-13-22(14-12-21)17-9-7-16(8-10-17)20-18(23)19-15-5-3-2-4-6-15/h7-10,15H,2-6,11-14H2,1H3,(H2,19,20,23). The molecular formula is C18H28N4S. The normalized spacial score (nSPS) is 20.3. The summed E-state index contributed by atoms with van der Waals surface area (Å²) in [5, 5.41) is 7.53. The summed E-state index contributed by atoms with van der Waals surface area (Å²) in [5.74, 6) is 0. The van der Waals surface area contributed by atoms with E-state index in [1.54, 1.807) is 0 Å². The summed E-state index contributed by atoms with van der Waals surface area (Å²) in [6.45, 7) is 4.47. The molecule has 3 rings (SSSR count). The van der Waals surface area contributed by atoms with E-state index in [0.717, 1.165) is 37.0 Å². The minimum Gasteiger partial charge on any atom is -0.369 e. The number of nitrogens with one attached hydrogen (secondary N) is 2. The monoisotopic (exact) mass is 332 g/mol. The van der Waals surface area contributed by atoms with Gasteiger partial charge in [0.25, 0.3) is 0 Å². The Morgan fingerprint density at radius 2 is 1.65 bits per heavy atom. The van der Waals surface area contributed by atoms with Gasteiger partial charge in [-0.15, -0.1) is 0 Å². The molecule has 1 aliphatic heterocycles. The molecule has 0 radical (unpaired) electrons. The Labute approximate surface area is 145 Å². The highest BCUT2D eigenvalue weighted by Crippen LogP contribution is 2.20. The molecular weight excluding hydrogens is 304 g/mol. The lowest BCUT2D eigenvalue weighted by Crippen LogP contribution is -2.44. The maximum absolute atomic E-state index is 5.45. The highest BCUT2D eigenvalue weighted by molar-refractivity contribution is 7.80. The molecule has 1 saturated carbocycles. The molecule has 2 aliphatic rings. The predicted molar refractivity (Wildman–Crippen MR) is 102 cm³/mol. The summed E-state index contributed by atoms with van der Waals surface area (Å²) in [6.07, 6.45) is 6.49. The van der Waals surface area contributed by atoms with E-state index in [9.17, 15) is 0 Å². The Hall–Kier alpha value is -1.33. The number of likely N-dealkylation sites (N-methyl/N-ethyl adjacent to an activating group) is 1. The molecule has 0 atom stereocenters. The average molecular weight is 333 g/mol. The number of benzene rings is 1. The van der Waals surface area contributed by atoms with Crippen molar-refractivity contribution in [3.8, 4) is 0 Å². The second-order valence-electron chi connectivity index (χ2n) is 6.77. The van der Waals surface area contributed by atoms with Gasteiger partial charge in [-0.1, -0.05) is 19.3 Å². The summed E-state index contributed by atoms with van der Waals surface area (Å²) >= 11 is 5.45. The van der Waals surface area contributed by atoms with Gasteiger partial charge in [-0.25, -0.2) is 0 Å². The van der Waals surface area contributed by atoms with E-state index in [4.69, 9.17) is 12.2 Å². The number of hydrogen-bond donors (Lipinski definition) is 2. The Morgan fingerprint density at radius 3 is 2.30 bits per heavy atom. The van der Waals surface area contributed by atoms with Crippen LogP contribution in [0.3, 0.4) is 0 Å². The maximum atomic E-state index is 5.45. The molecule has 23 heavy (non-hydrogen) atoms. The van der Waals surface area contributed by atoms with Crippen molar-refractivity contribution in [2.75, 3.05) is 43.4 Å². The van der Waals surface area contributed by atoms with E-state index in [1.807, 2.05) is 0 Å². The van der Waals surface area contributed by atoms with E-state index in [1.165, 1.54) is 37.8 Å². The van der Waals surface area contributed by atoms with Gasteiger partial charge in [0.15, 0.2) is 5.11 Å². The zero-order valence-corrected chi connectivity index (χ0v) is 14.9. The summed E-state index contributed by atoms with van der Waals surface area (Å²) in [5.41, 5.74) is 2.37. The van der Waals surface area contributed by atoms with E-state index in [0.29, 0.717) is 6.04 Å². The number of hydrogen-bond acceptors (Lipinski definition) is 3. The average Bonchev–Trinajstić information content (AvgIpc) is 2.57. The SMILES string of the molecule is CN1CCN(c2ccc(NC(=S)NC3CCCCC3)cc2)CC1. The van der Waals surface area contributed by atoms with Crippen LogP contribution < -0.4 is 15.5 Å². The Balaban J connectivity index is 1.49. The first-order valence-electron chi connectivity index (χ1n) is 8.82. The minimum atomic E-state index is 0.549. The Kier molecular flexibility index (Phi) is 5.73. The third kappa shape index (κ3) is 4.82. The molecule has 5 heteroatoms. The van der Waals surface area contributed by atoms with Gasteiger partial charge in [0.05, 0.1) is 0 Å². The van der Waals surface area contributed by atoms with Crippen molar-refractivity contribution in [3.63, 3.8) is 0 Å². The third-order valence-corrected chi connectivity index (χ3v) is 5.15. The van der Waals surface area contributed by atoms with Gasteiger partial charge in [0.1, 0.15) is 0 Å². The van der Waals surface area contributed by atoms with Gasteiger partial charge in [-0.2, -0.15) is 0 Å². The van der Waals surface area contributed by atoms with Crippen LogP contribution in [0, 0.1) is 0 Å². The fourth-order valence-corrected chi connectivity index (χ4v) is 3.70. The molecule has 0 amide bonds. The molecule has 1 aromatic rings. The van der Waals surface area contributed by atoms with Gasteiger partial charge >= 0.3 is 0 Å². The van der Waals surface area contributed by atoms with E-state index >= 15 is 0 Å². The van der Waals surface area contributed by atoms with Gasteiger partial charge in [-0.3, -0.25) is 0 Å². The zero-order valence-electron chi connectivity index (χ0n) is 14.1. The Bertz CT molecular complexity index is 502. The fourth-order valence-electron chi connectivity index (χ4n) is 3.42. The van der Waals surface area contributed by atoms with Crippen molar-refractivity contribution in [3.05, 3.63) is 24.3 Å². The fraction of sp³-hybridized carbons (Fsp3) is 0.611. The van der Waals surface area contributed by atoms with Gasteiger partial charge < -0.3 is 20.4 Å². The zero-order chi connectivity index (χ0) is 16.1. The third-order valence-electron chi connectivity index (χ3n) is 4.93. The Morgan fingerprint density at radius 1 is 1.00 bits per heavy atom. The van der Waals surface area contributed by atoms with Gasteiger partial charge in [0.2, 0.25) is 0 Å². The highest BCUT2D eigenvalue weighted by atomic mass is 32.1. The topological polar surface area (TPSA) is 30.5 Å². The molecule has 0 unspecified atom stereocenters. The van der Waals surface area contributed by atoms with Crippen LogP contribution >= 0.6 is 12.2 Å². The van der Waals surface area contributed by atoms with Crippen LogP contribution in [0.25, 0.3) is 0 Å². The lowest BCUT2D eigenvalue weighted by molar-refractivity contribution is 0.313. The van der Waals surface area contributed by atoms with Crippen LogP contribution in [0.5, 0.6) is 0 Å². The number of thiocarbonyl (C=S) groups is 1. The van der Waals surface area contributed by atoms with Crippen LogP contribution in [0.2, 0.25) is 0 Å². The van der Waals surface area contributed by atoms with Gasteiger partial charge in [-0.05, 0) is 56.4 Å². The number of nitrogens with zero attached hydrogens (tertiary/aromatic N) is 2. The first-order valence-corrected chi connectivity index (χ1v) is 9.22. The van der Waals surface area contributed by atoms with Crippen LogP contribution in [0.15, 0.2) is 24.3 Å². The predicted octanol–water partition coefficient (Wildman–Crippen LogP) is 3.06. The first kappa shape index (κ1) is 16.5. The summed E-state index contributed by atoms with van der Waals surface area (Å²) in [4.78, 5) is 4.82. The number of rotatable bonds is 3. The van der Waals surface area contributed by atoms with Gasteiger partial charge in [0, 0.05) is 43.6 Å². The molecule has 1 saturated heterocycles. The minimum absolute atomic E-state index is 0.549. The largest absolute Gasteiger partial charge is 0.369 e. The maximum Gasteiger partial charge on any atom is 0.170 e. The van der Waals surface area contributed by atoms with E-state index in [2.05, 4.69) is 51.7 Å². The molecule has 2 N–H and O–H groups in total. The molecule has 0 aromatic heterocycles. The van der Waals surface area contributed by atoms with E-state index in [-0.39, 0.29) is 0 Å². The quantitative estimate of drug-likeness (QED) is 0.831. The summed E-state index contributed by atoms with van der Waals surface area (Å²) in [7, 11) is 2.19. The molecule has 1 heterocycles. The smallest absolute Gasteiger partial charge is 0.170 e. The molecule has 0 spiro atoms. The number of piperazine rings is 1. The van der Waals surface area contributed by atoms with Crippen molar-refractivity contribution >= 4 is 28.7 Å². The molecule has 126 valence electrons. The first-order chi connectivity index (χ1) is 11.2. The molecule has 1 aromatic carbocycles. The number of anilines is 2. The molecule has 4 nitrogen and oxygen atoms in total. The summed E-state index contributed by atoms with van der Waals surface area (Å²) in [6, 6.07) is 9.19. The van der Waals surface area contributed by atoms with Crippen LogP contribution in [-0.4, -0.2) is 49.3 Å². The lowest BCUT2D eigenvalue weighted by Gasteiger charge is -2.34. The second kappa shape index (κ2) is 7.97. The van der Waals surface area contributed by atoms with Crippen LogP contribution in [0.4, 0.5) is 11.4 Å².